The molecule has 3 aromatic carbocycles. The summed E-state index contributed by atoms with van der Waals surface area (Å²) in [5, 5.41) is 3.09. The van der Waals surface area contributed by atoms with E-state index in [1.54, 1.807) is 7.11 Å². The molecule has 5 nitrogen and oxygen atoms in total. The summed E-state index contributed by atoms with van der Waals surface area (Å²) in [6.07, 6.45) is 0. The van der Waals surface area contributed by atoms with Crippen molar-refractivity contribution in [3.8, 4) is 28.4 Å². The Morgan fingerprint density at radius 1 is 0.939 bits per heavy atom. The van der Waals surface area contributed by atoms with Gasteiger partial charge in [0.05, 0.1) is 7.11 Å². The van der Waals surface area contributed by atoms with Gasteiger partial charge in [0, 0.05) is 24.2 Å². The van der Waals surface area contributed by atoms with Crippen molar-refractivity contribution in [3.05, 3.63) is 95.2 Å². The average molecular weight is 440 g/mol. The number of carbonyl (C=O) groups excluding carboxylic acids is 1. The molecule has 1 N–H and O–H groups in total. The van der Waals surface area contributed by atoms with E-state index in [0.29, 0.717) is 24.5 Å². The molecule has 1 amide bonds. The van der Waals surface area contributed by atoms with Crippen LogP contribution in [0.5, 0.6) is 5.75 Å². The average Bonchev–Trinajstić information content (AvgIpc) is 3.22. The maximum absolute atomic E-state index is 13.6. The van der Waals surface area contributed by atoms with Gasteiger partial charge in [-0.25, -0.2) is 4.98 Å². The van der Waals surface area contributed by atoms with Crippen LogP contribution in [0.4, 0.5) is 0 Å². The van der Waals surface area contributed by atoms with Gasteiger partial charge in [0.25, 0.3) is 5.91 Å². The number of amides is 1. The number of aromatic nitrogens is 2. The topological polar surface area (TPSA) is 56.2 Å². The summed E-state index contributed by atoms with van der Waals surface area (Å²) in [6, 6.07) is 24.0. The molecule has 0 fully saturated rings. The van der Waals surface area contributed by atoms with E-state index < -0.39 is 0 Å². The van der Waals surface area contributed by atoms with Crippen molar-refractivity contribution in [2.45, 2.75) is 33.9 Å². The molecule has 5 heteroatoms. The van der Waals surface area contributed by atoms with Crippen molar-refractivity contribution < 1.29 is 9.53 Å². The lowest BCUT2D eigenvalue weighted by Crippen LogP contribution is -2.26. The molecule has 1 aromatic heterocycles. The molecule has 0 bridgehead atoms. The van der Waals surface area contributed by atoms with E-state index in [2.05, 4.69) is 37.4 Å². The number of ether oxygens (including phenoxy) is 1. The molecule has 0 saturated heterocycles. The number of imidazole rings is 1. The van der Waals surface area contributed by atoms with Crippen LogP contribution in [0, 0.1) is 13.8 Å². The molecule has 0 aliphatic carbocycles. The summed E-state index contributed by atoms with van der Waals surface area (Å²) < 4.78 is 7.31. The highest BCUT2D eigenvalue weighted by Gasteiger charge is 2.24. The minimum atomic E-state index is -0.150. The maximum Gasteiger partial charge on any atom is 0.270 e. The second-order valence-corrected chi connectivity index (χ2v) is 8.15. The van der Waals surface area contributed by atoms with Crippen LogP contribution in [-0.4, -0.2) is 22.6 Å². The van der Waals surface area contributed by atoms with Crippen LogP contribution in [0.3, 0.4) is 0 Å². The smallest absolute Gasteiger partial charge is 0.270 e. The van der Waals surface area contributed by atoms with Crippen molar-refractivity contribution >= 4 is 5.91 Å². The first-order valence-electron chi connectivity index (χ1n) is 11.2. The fourth-order valence-corrected chi connectivity index (χ4v) is 4.16. The lowest BCUT2D eigenvalue weighted by Gasteiger charge is -2.12. The Hall–Kier alpha value is -3.86. The second kappa shape index (κ2) is 9.74. The van der Waals surface area contributed by atoms with E-state index in [-0.39, 0.29) is 5.91 Å². The standard InChI is InChI=1S/C28H29N3O2/c1-5-31-26(28(32)29-18-21-10-9-13-24(17-21)33-4)25(23-15-19(2)14-20(3)16-23)30-27(31)22-11-7-6-8-12-22/h6-17H,5,18H2,1-4H3,(H,29,32). The molecule has 4 rings (SSSR count). The fraction of sp³-hybridized carbons (Fsp3) is 0.214. The predicted molar refractivity (Wildman–Crippen MR) is 132 cm³/mol. The minimum absolute atomic E-state index is 0.150. The Morgan fingerprint density at radius 2 is 1.67 bits per heavy atom. The Kier molecular flexibility index (Phi) is 6.59. The third-order valence-corrected chi connectivity index (χ3v) is 5.61. The first kappa shape index (κ1) is 22.3. The lowest BCUT2D eigenvalue weighted by molar-refractivity contribution is 0.0942. The van der Waals surface area contributed by atoms with E-state index >= 15 is 0 Å². The molecule has 1 heterocycles. The highest BCUT2D eigenvalue weighted by atomic mass is 16.5. The van der Waals surface area contributed by atoms with Gasteiger partial charge in [-0.1, -0.05) is 59.7 Å². The van der Waals surface area contributed by atoms with Crippen LogP contribution >= 0.6 is 0 Å². The predicted octanol–water partition coefficient (Wildman–Crippen LogP) is 5.79. The highest BCUT2D eigenvalue weighted by Crippen LogP contribution is 2.31. The van der Waals surface area contributed by atoms with E-state index in [1.807, 2.05) is 66.1 Å². The monoisotopic (exact) mass is 439 g/mol. The Labute approximate surface area is 195 Å². The molecule has 0 aliphatic rings. The van der Waals surface area contributed by atoms with Crippen molar-refractivity contribution in [1.82, 2.24) is 14.9 Å². The van der Waals surface area contributed by atoms with Crippen LogP contribution < -0.4 is 10.1 Å². The molecule has 0 unspecified atom stereocenters. The zero-order chi connectivity index (χ0) is 23.4. The molecule has 168 valence electrons. The van der Waals surface area contributed by atoms with Crippen LogP contribution in [0.2, 0.25) is 0 Å². The van der Waals surface area contributed by atoms with Crippen molar-refractivity contribution in [3.63, 3.8) is 0 Å². The van der Waals surface area contributed by atoms with E-state index in [4.69, 9.17) is 9.72 Å². The van der Waals surface area contributed by atoms with Gasteiger partial charge in [-0.05, 0) is 50.6 Å². The number of benzene rings is 3. The second-order valence-electron chi connectivity index (χ2n) is 8.15. The number of aryl methyl sites for hydroxylation is 2. The van der Waals surface area contributed by atoms with Crippen LogP contribution in [0.25, 0.3) is 22.6 Å². The number of rotatable bonds is 7. The van der Waals surface area contributed by atoms with Crippen molar-refractivity contribution in [1.29, 1.82) is 0 Å². The lowest BCUT2D eigenvalue weighted by atomic mass is 10.0. The number of carbonyl (C=O) groups is 1. The maximum atomic E-state index is 13.6. The third-order valence-electron chi connectivity index (χ3n) is 5.61. The number of hydrogen-bond acceptors (Lipinski definition) is 3. The Balaban J connectivity index is 1.78. The van der Waals surface area contributed by atoms with Crippen LogP contribution in [-0.2, 0) is 13.1 Å². The molecule has 0 saturated carbocycles. The minimum Gasteiger partial charge on any atom is -0.497 e. The number of methoxy groups -OCH3 is 1. The van der Waals surface area contributed by atoms with Gasteiger partial charge in [-0.2, -0.15) is 0 Å². The van der Waals surface area contributed by atoms with Gasteiger partial charge in [0.2, 0.25) is 0 Å². The number of nitrogens with zero attached hydrogens (tertiary/aromatic N) is 2. The Morgan fingerprint density at radius 3 is 2.33 bits per heavy atom. The molecular weight excluding hydrogens is 410 g/mol. The van der Waals surface area contributed by atoms with Gasteiger partial charge in [-0.15, -0.1) is 0 Å². The van der Waals surface area contributed by atoms with Crippen molar-refractivity contribution in [2.75, 3.05) is 7.11 Å². The SMILES string of the molecule is CCn1c(-c2ccccc2)nc(-c2cc(C)cc(C)c2)c1C(=O)NCc1cccc(OC)c1. The first-order valence-corrected chi connectivity index (χ1v) is 11.2. The van der Waals surface area contributed by atoms with Gasteiger partial charge in [-0.3, -0.25) is 4.79 Å². The zero-order valence-corrected chi connectivity index (χ0v) is 19.6. The fourth-order valence-electron chi connectivity index (χ4n) is 4.16. The quantitative estimate of drug-likeness (QED) is 0.396. The van der Waals surface area contributed by atoms with Crippen LogP contribution in [0.1, 0.15) is 34.1 Å². The van der Waals surface area contributed by atoms with Gasteiger partial charge < -0.3 is 14.6 Å². The van der Waals surface area contributed by atoms with E-state index in [0.717, 1.165) is 39.4 Å². The van der Waals surface area contributed by atoms with E-state index in [9.17, 15) is 4.79 Å². The third kappa shape index (κ3) is 4.82. The highest BCUT2D eigenvalue weighted by molar-refractivity contribution is 5.99. The van der Waals surface area contributed by atoms with Crippen molar-refractivity contribution in [2.24, 2.45) is 0 Å². The molecule has 33 heavy (non-hydrogen) atoms. The largest absolute Gasteiger partial charge is 0.497 e. The van der Waals surface area contributed by atoms with Gasteiger partial charge in [0.15, 0.2) is 0 Å². The first-order chi connectivity index (χ1) is 16.0. The normalized spacial score (nSPS) is 10.8. The summed E-state index contributed by atoms with van der Waals surface area (Å²) in [7, 11) is 1.64. The molecule has 0 radical (unpaired) electrons. The molecule has 0 aliphatic heterocycles. The summed E-state index contributed by atoms with van der Waals surface area (Å²) in [5.74, 6) is 1.41. The molecular formula is C28H29N3O2. The van der Waals surface area contributed by atoms with Crippen LogP contribution in [0.15, 0.2) is 72.8 Å². The van der Waals surface area contributed by atoms with E-state index in [1.165, 1.54) is 0 Å². The van der Waals surface area contributed by atoms with Gasteiger partial charge >= 0.3 is 0 Å². The number of nitrogens with one attached hydrogen (secondary N) is 1. The summed E-state index contributed by atoms with van der Waals surface area (Å²) in [5.41, 5.74) is 6.46. The molecule has 4 aromatic rings. The molecule has 0 atom stereocenters. The van der Waals surface area contributed by atoms with Gasteiger partial charge in [0.1, 0.15) is 23.0 Å². The summed E-state index contributed by atoms with van der Waals surface area (Å²) in [6.45, 7) is 7.20. The zero-order valence-electron chi connectivity index (χ0n) is 19.6. The number of hydrogen-bond donors (Lipinski definition) is 1. The Bertz CT molecular complexity index is 1260. The summed E-state index contributed by atoms with van der Waals surface area (Å²) in [4.78, 5) is 18.5. The molecule has 0 spiro atoms. The summed E-state index contributed by atoms with van der Waals surface area (Å²) >= 11 is 0.